The van der Waals surface area contributed by atoms with Gasteiger partial charge < -0.3 is 15.6 Å². The van der Waals surface area contributed by atoms with E-state index in [2.05, 4.69) is 27.2 Å². The fourth-order valence-electron chi connectivity index (χ4n) is 2.14. The standard InChI is InChI=1S/C17H16N4O/c1-2-11-18-17(22)19-13-9-7-12(8-10-13)16-20-14-5-3-4-6-15(14)21-16/h2-10H,1,11H2,(H,20,21)(H2,18,19,22). The Morgan fingerprint density at radius 3 is 2.68 bits per heavy atom. The Kier molecular flexibility index (Phi) is 3.87. The molecule has 22 heavy (non-hydrogen) atoms. The zero-order valence-electron chi connectivity index (χ0n) is 12.0. The summed E-state index contributed by atoms with van der Waals surface area (Å²) in [5, 5.41) is 5.41. The van der Waals surface area contributed by atoms with E-state index in [4.69, 9.17) is 0 Å². The number of rotatable bonds is 4. The molecule has 0 bridgehead atoms. The van der Waals surface area contributed by atoms with Gasteiger partial charge in [0.1, 0.15) is 5.82 Å². The molecule has 0 fully saturated rings. The predicted molar refractivity (Wildman–Crippen MR) is 88.7 cm³/mol. The fourth-order valence-corrected chi connectivity index (χ4v) is 2.14. The lowest BCUT2D eigenvalue weighted by Gasteiger charge is -2.06. The second-order valence-corrected chi connectivity index (χ2v) is 4.80. The maximum Gasteiger partial charge on any atom is 0.319 e. The molecule has 5 nitrogen and oxygen atoms in total. The molecule has 3 aromatic rings. The summed E-state index contributed by atoms with van der Waals surface area (Å²) in [4.78, 5) is 19.4. The predicted octanol–water partition coefficient (Wildman–Crippen LogP) is 3.54. The molecule has 2 amide bonds. The Labute approximate surface area is 128 Å². The number of amides is 2. The van der Waals surface area contributed by atoms with Crippen LogP contribution in [0.4, 0.5) is 10.5 Å². The zero-order chi connectivity index (χ0) is 15.4. The summed E-state index contributed by atoms with van der Waals surface area (Å²) in [6.45, 7) is 3.98. The van der Waals surface area contributed by atoms with E-state index in [0.717, 1.165) is 28.1 Å². The normalized spacial score (nSPS) is 10.4. The van der Waals surface area contributed by atoms with Crippen molar-refractivity contribution in [1.82, 2.24) is 15.3 Å². The van der Waals surface area contributed by atoms with Crippen molar-refractivity contribution in [3.63, 3.8) is 0 Å². The number of carbonyl (C=O) groups is 1. The number of benzene rings is 2. The molecule has 0 aliphatic rings. The Morgan fingerprint density at radius 2 is 1.95 bits per heavy atom. The molecule has 0 unspecified atom stereocenters. The van der Waals surface area contributed by atoms with Crippen molar-refractivity contribution in [2.24, 2.45) is 0 Å². The van der Waals surface area contributed by atoms with E-state index in [1.807, 2.05) is 48.5 Å². The molecule has 0 spiro atoms. The number of nitrogens with zero attached hydrogens (tertiary/aromatic N) is 1. The summed E-state index contributed by atoms with van der Waals surface area (Å²) in [6, 6.07) is 15.2. The first kappa shape index (κ1) is 13.9. The molecular formula is C17H16N4O. The van der Waals surface area contributed by atoms with Crippen molar-refractivity contribution in [3.05, 3.63) is 61.2 Å². The van der Waals surface area contributed by atoms with Gasteiger partial charge in [-0.25, -0.2) is 9.78 Å². The van der Waals surface area contributed by atoms with E-state index in [9.17, 15) is 4.79 Å². The Hall–Kier alpha value is -3.08. The third-order valence-electron chi connectivity index (χ3n) is 3.21. The smallest absolute Gasteiger partial charge is 0.319 e. The van der Waals surface area contributed by atoms with Crippen LogP contribution in [-0.2, 0) is 0 Å². The minimum absolute atomic E-state index is 0.253. The summed E-state index contributed by atoms with van der Waals surface area (Å²) in [5.74, 6) is 0.809. The van der Waals surface area contributed by atoms with Gasteiger partial charge in [0.2, 0.25) is 0 Å². The summed E-state index contributed by atoms with van der Waals surface area (Å²) in [7, 11) is 0. The van der Waals surface area contributed by atoms with Gasteiger partial charge in [0.05, 0.1) is 11.0 Å². The molecule has 0 aliphatic heterocycles. The van der Waals surface area contributed by atoms with Crippen LogP contribution in [0.5, 0.6) is 0 Å². The molecule has 1 heterocycles. The molecule has 0 saturated heterocycles. The van der Waals surface area contributed by atoms with Gasteiger partial charge in [-0.15, -0.1) is 6.58 Å². The number of aromatic amines is 1. The van der Waals surface area contributed by atoms with Gasteiger partial charge in [0.25, 0.3) is 0 Å². The summed E-state index contributed by atoms with van der Waals surface area (Å²) in [6.07, 6.45) is 1.63. The van der Waals surface area contributed by atoms with Crippen LogP contribution < -0.4 is 10.6 Å². The summed E-state index contributed by atoms with van der Waals surface area (Å²) >= 11 is 0. The quantitative estimate of drug-likeness (QED) is 0.644. The van der Waals surface area contributed by atoms with E-state index in [1.54, 1.807) is 6.08 Å². The van der Waals surface area contributed by atoms with Gasteiger partial charge in [-0.3, -0.25) is 0 Å². The van der Waals surface area contributed by atoms with Crippen LogP contribution in [0.3, 0.4) is 0 Å². The van der Waals surface area contributed by atoms with E-state index < -0.39 is 0 Å². The number of urea groups is 1. The van der Waals surface area contributed by atoms with E-state index in [1.165, 1.54) is 0 Å². The molecular weight excluding hydrogens is 276 g/mol. The number of hydrogen-bond donors (Lipinski definition) is 3. The van der Waals surface area contributed by atoms with Crippen LogP contribution in [0.2, 0.25) is 0 Å². The van der Waals surface area contributed by atoms with Crippen molar-refractivity contribution in [3.8, 4) is 11.4 Å². The van der Waals surface area contributed by atoms with Gasteiger partial charge in [-0.1, -0.05) is 18.2 Å². The highest BCUT2D eigenvalue weighted by Gasteiger charge is 2.05. The number of nitrogens with one attached hydrogen (secondary N) is 3. The maximum absolute atomic E-state index is 11.6. The minimum Gasteiger partial charge on any atom is -0.338 e. The lowest BCUT2D eigenvalue weighted by Crippen LogP contribution is -2.28. The highest BCUT2D eigenvalue weighted by atomic mass is 16.2. The van der Waals surface area contributed by atoms with Crippen LogP contribution in [0, 0.1) is 0 Å². The number of imidazole rings is 1. The Balaban J connectivity index is 1.76. The SMILES string of the molecule is C=CCNC(=O)Nc1ccc(-c2nc3ccccc3[nH]2)cc1. The average Bonchev–Trinajstić information content (AvgIpc) is 2.97. The maximum atomic E-state index is 11.6. The Morgan fingerprint density at radius 1 is 1.18 bits per heavy atom. The number of H-pyrrole nitrogens is 1. The molecule has 0 saturated carbocycles. The van der Waals surface area contributed by atoms with Crippen LogP contribution >= 0.6 is 0 Å². The number of anilines is 1. The number of hydrogen-bond acceptors (Lipinski definition) is 2. The highest BCUT2D eigenvalue weighted by Crippen LogP contribution is 2.21. The number of para-hydroxylation sites is 2. The van der Waals surface area contributed by atoms with Gasteiger partial charge in [0.15, 0.2) is 0 Å². The molecule has 2 aromatic carbocycles. The van der Waals surface area contributed by atoms with E-state index in [0.29, 0.717) is 6.54 Å². The minimum atomic E-state index is -0.253. The van der Waals surface area contributed by atoms with Gasteiger partial charge in [-0.05, 0) is 36.4 Å². The number of carbonyl (C=O) groups excluding carboxylic acids is 1. The van der Waals surface area contributed by atoms with E-state index >= 15 is 0 Å². The topological polar surface area (TPSA) is 69.8 Å². The number of aromatic nitrogens is 2. The fraction of sp³-hybridized carbons (Fsp3) is 0.0588. The first-order valence-corrected chi connectivity index (χ1v) is 6.97. The molecule has 110 valence electrons. The first-order valence-electron chi connectivity index (χ1n) is 6.97. The summed E-state index contributed by atoms with van der Waals surface area (Å²) < 4.78 is 0. The van der Waals surface area contributed by atoms with Crippen LogP contribution in [-0.4, -0.2) is 22.5 Å². The lowest BCUT2D eigenvalue weighted by molar-refractivity contribution is 0.253. The van der Waals surface area contributed by atoms with Gasteiger partial charge in [-0.2, -0.15) is 0 Å². The largest absolute Gasteiger partial charge is 0.338 e. The number of fused-ring (bicyclic) bond motifs is 1. The van der Waals surface area contributed by atoms with Crippen molar-refractivity contribution in [2.45, 2.75) is 0 Å². The third kappa shape index (κ3) is 2.98. The van der Waals surface area contributed by atoms with Gasteiger partial charge in [0, 0.05) is 17.8 Å². The van der Waals surface area contributed by atoms with Crippen molar-refractivity contribution >= 4 is 22.8 Å². The Bertz CT molecular complexity index is 772. The third-order valence-corrected chi connectivity index (χ3v) is 3.21. The summed E-state index contributed by atoms with van der Waals surface area (Å²) in [5.41, 5.74) is 3.63. The molecule has 0 atom stereocenters. The lowest BCUT2D eigenvalue weighted by atomic mass is 10.2. The van der Waals surface area contributed by atoms with Crippen LogP contribution in [0.25, 0.3) is 22.4 Å². The molecule has 5 heteroatoms. The van der Waals surface area contributed by atoms with Crippen molar-refractivity contribution in [1.29, 1.82) is 0 Å². The van der Waals surface area contributed by atoms with E-state index in [-0.39, 0.29) is 6.03 Å². The zero-order valence-corrected chi connectivity index (χ0v) is 12.0. The van der Waals surface area contributed by atoms with Crippen molar-refractivity contribution < 1.29 is 4.79 Å². The molecule has 1 aromatic heterocycles. The molecule has 3 N–H and O–H groups in total. The monoisotopic (exact) mass is 292 g/mol. The average molecular weight is 292 g/mol. The van der Waals surface area contributed by atoms with Crippen molar-refractivity contribution in [2.75, 3.05) is 11.9 Å². The van der Waals surface area contributed by atoms with Gasteiger partial charge >= 0.3 is 6.03 Å². The molecule has 3 rings (SSSR count). The second kappa shape index (κ2) is 6.13. The first-order chi connectivity index (χ1) is 10.8. The molecule has 0 aliphatic carbocycles. The molecule has 0 radical (unpaired) electrons. The highest BCUT2D eigenvalue weighted by molar-refractivity contribution is 5.89. The van der Waals surface area contributed by atoms with Crippen LogP contribution in [0.1, 0.15) is 0 Å². The second-order valence-electron chi connectivity index (χ2n) is 4.80. The van der Waals surface area contributed by atoms with Crippen LogP contribution in [0.15, 0.2) is 61.2 Å².